The Balaban J connectivity index is 1.63. The third-order valence-corrected chi connectivity index (χ3v) is 4.84. The quantitative estimate of drug-likeness (QED) is 0.758. The van der Waals surface area contributed by atoms with Crippen LogP contribution in [0.3, 0.4) is 0 Å². The lowest BCUT2D eigenvalue weighted by molar-refractivity contribution is 0.0749. The normalized spacial score (nSPS) is 12.4. The summed E-state index contributed by atoms with van der Waals surface area (Å²) in [6.07, 6.45) is 0. The standard InChI is InChI=1S/C21H18N4O3/c1-27-15-6-7-16(19(9-15)28-2)20-17-11-25(12-18(17)23-24-20)21(26)14-5-3-4-13(8-14)10-22/h3-9H,11-12H2,1-2H3,(H,23,24). The first kappa shape index (κ1) is 17.6. The molecule has 0 bridgehead atoms. The molecule has 0 aliphatic carbocycles. The monoisotopic (exact) mass is 374 g/mol. The number of nitriles is 1. The van der Waals surface area contributed by atoms with Crippen LogP contribution in [0.15, 0.2) is 42.5 Å². The van der Waals surface area contributed by atoms with Gasteiger partial charge in [0.2, 0.25) is 0 Å². The van der Waals surface area contributed by atoms with Crippen LogP contribution in [0.4, 0.5) is 0 Å². The van der Waals surface area contributed by atoms with E-state index in [9.17, 15) is 4.79 Å². The maximum Gasteiger partial charge on any atom is 0.254 e. The van der Waals surface area contributed by atoms with Crippen LogP contribution in [0, 0.1) is 11.3 Å². The van der Waals surface area contributed by atoms with E-state index >= 15 is 0 Å². The minimum atomic E-state index is -0.116. The first-order chi connectivity index (χ1) is 13.6. The average molecular weight is 374 g/mol. The third-order valence-electron chi connectivity index (χ3n) is 4.84. The van der Waals surface area contributed by atoms with E-state index < -0.39 is 0 Å². The minimum Gasteiger partial charge on any atom is -0.497 e. The fraction of sp³-hybridized carbons (Fsp3) is 0.190. The van der Waals surface area contributed by atoms with Crippen LogP contribution in [0.5, 0.6) is 11.5 Å². The second-order valence-electron chi connectivity index (χ2n) is 6.45. The van der Waals surface area contributed by atoms with Gasteiger partial charge in [-0.15, -0.1) is 0 Å². The zero-order valence-corrected chi connectivity index (χ0v) is 15.5. The molecule has 1 aromatic heterocycles. The molecule has 1 aliphatic rings. The van der Waals surface area contributed by atoms with Gasteiger partial charge >= 0.3 is 0 Å². The Bertz CT molecular complexity index is 1100. The predicted molar refractivity (Wildman–Crippen MR) is 102 cm³/mol. The average Bonchev–Trinajstić information content (AvgIpc) is 3.33. The van der Waals surface area contributed by atoms with Crippen molar-refractivity contribution in [3.63, 3.8) is 0 Å². The Morgan fingerprint density at radius 3 is 2.79 bits per heavy atom. The topological polar surface area (TPSA) is 91.2 Å². The number of H-pyrrole nitrogens is 1. The molecule has 0 fully saturated rings. The van der Waals surface area contributed by atoms with Gasteiger partial charge in [-0.3, -0.25) is 9.89 Å². The SMILES string of the molecule is COc1ccc(-c2n[nH]c3c2CN(C(=O)c2cccc(C#N)c2)C3)c(OC)c1. The van der Waals surface area contributed by atoms with Crippen molar-refractivity contribution in [2.24, 2.45) is 0 Å². The molecule has 3 aromatic rings. The van der Waals surface area contributed by atoms with Gasteiger partial charge < -0.3 is 14.4 Å². The highest BCUT2D eigenvalue weighted by Gasteiger charge is 2.30. The van der Waals surface area contributed by atoms with Crippen molar-refractivity contribution in [2.45, 2.75) is 13.1 Å². The Kier molecular flexibility index (Phi) is 4.45. The molecule has 0 radical (unpaired) electrons. The number of aromatic amines is 1. The first-order valence-electron chi connectivity index (χ1n) is 8.72. The molecule has 7 nitrogen and oxygen atoms in total. The number of fused-ring (bicyclic) bond motifs is 1. The van der Waals surface area contributed by atoms with Gasteiger partial charge in [0.1, 0.15) is 17.2 Å². The summed E-state index contributed by atoms with van der Waals surface area (Å²) in [4.78, 5) is 14.6. The number of carbonyl (C=O) groups is 1. The fourth-order valence-electron chi connectivity index (χ4n) is 3.40. The van der Waals surface area contributed by atoms with Crippen LogP contribution in [0.2, 0.25) is 0 Å². The summed E-state index contributed by atoms with van der Waals surface area (Å²) in [6, 6.07) is 14.4. The largest absolute Gasteiger partial charge is 0.497 e. The molecule has 0 atom stereocenters. The van der Waals surface area contributed by atoms with Crippen LogP contribution in [0.25, 0.3) is 11.3 Å². The van der Waals surface area contributed by atoms with Crippen LogP contribution >= 0.6 is 0 Å². The van der Waals surface area contributed by atoms with E-state index in [0.717, 1.165) is 22.5 Å². The van der Waals surface area contributed by atoms with Crippen molar-refractivity contribution >= 4 is 5.91 Å². The van der Waals surface area contributed by atoms with Crippen LogP contribution in [-0.2, 0) is 13.1 Å². The van der Waals surface area contributed by atoms with Crippen molar-refractivity contribution in [3.8, 4) is 28.8 Å². The Morgan fingerprint density at radius 2 is 2.04 bits per heavy atom. The second-order valence-corrected chi connectivity index (χ2v) is 6.45. The maximum absolute atomic E-state index is 12.9. The summed E-state index contributed by atoms with van der Waals surface area (Å²) in [5, 5.41) is 16.5. The summed E-state index contributed by atoms with van der Waals surface area (Å²) < 4.78 is 10.7. The van der Waals surface area contributed by atoms with Crippen molar-refractivity contribution in [1.82, 2.24) is 15.1 Å². The van der Waals surface area contributed by atoms with Gasteiger partial charge in [0, 0.05) is 22.8 Å². The number of methoxy groups -OCH3 is 2. The number of hydrogen-bond donors (Lipinski definition) is 1. The molecule has 4 rings (SSSR count). The number of amides is 1. The molecule has 0 spiro atoms. The van der Waals surface area contributed by atoms with E-state index in [0.29, 0.717) is 35.7 Å². The highest BCUT2D eigenvalue weighted by atomic mass is 16.5. The molecular formula is C21H18N4O3. The summed E-state index contributed by atoms with van der Waals surface area (Å²) in [6.45, 7) is 0.877. The number of rotatable bonds is 4. The molecule has 0 saturated heterocycles. The number of carbonyl (C=O) groups excluding carboxylic acids is 1. The van der Waals surface area contributed by atoms with Gasteiger partial charge in [-0.1, -0.05) is 6.07 Å². The number of nitrogens with zero attached hydrogens (tertiary/aromatic N) is 3. The fourth-order valence-corrected chi connectivity index (χ4v) is 3.40. The summed E-state index contributed by atoms with van der Waals surface area (Å²) >= 11 is 0. The maximum atomic E-state index is 12.9. The summed E-state index contributed by atoms with van der Waals surface area (Å²) in [5.41, 5.74) is 4.43. The zero-order chi connectivity index (χ0) is 19.7. The van der Waals surface area contributed by atoms with Crippen molar-refractivity contribution < 1.29 is 14.3 Å². The Morgan fingerprint density at radius 1 is 1.18 bits per heavy atom. The van der Waals surface area contributed by atoms with Crippen molar-refractivity contribution in [3.05, 3.63) is 64.8 Å². The number of aromatic nitrogens is 2. The van der Waals surface area contributed by atoms with E-state index in [2.05, 4.69) is 16.3 Å². The number of hydrogen-bond acceptors (Lipinski definition) is 5. The molecule has 1 amide bonds. The van der Waals surface area contributed by atoms with Gasteiger partial charge in [0.05, 0.1) is 44.6 Å². The Hall–Kier alpha value is -3.79. The predicted octanol–water partition coefficient (Wildman–Crippen LogP) is 3.12. The van der Waals surface area contributed by atoms with Crippen molar-refractivity contribution in [2.75, 3.05) is 14.2 Å². The molecule has 28 heavy (non-hydrogen) atoms. The van der Waals surface area contributed by atoms with Gasteiger partial charge in [-0.2, -0.15) is 10.4 Å². The van der Waals surface area contributed by atoms with Gasteiger partial charge in [0.25, 0.3) is 5.91 Å². The molecule has 1 N–H and O–H groups in total. The van der Waals surface area contributed by atoms with E-state index in [1.54, 1.807) is 43.4 Å². The minimum absolute atomic E-state index is 0.116. The Labute approximate surface area is 162 Å². The molecule has 0 saturated carbocycles. The molecule has 7 heteroatoms. The number of nitrogens with one attached hydrogen (secondary N) is 1. The lowest BCUT2D eigenvalue weighted by Crippen LogP contribution is -2.25. The van der Waals surface area contributed by atoms with E-state index in [1.807, 2.05) is 18.2 Å². The van der Waals surface area contributed by atoms with Crippen LogP contribution < -0.4 is 9.47 Å². The summed E-state index contributed by atoms with van der Waals surface area (Å²) in [5.74, 6) is 1.23. The number of ether oxygens (including phenoxy) is 2. The van der Waals surface area contributed by atoms with E-state index in [-0.39, 0.29) is 5.91 Å². The highest BCUT2D eigenvalue weighted by molar-refractivity contribution is 5.95. The third kappa shape index (κ3) is 2.95. The molecule has 140 valence electrons. The van der Waals surface area contributed by atoms with Gasteiger partial charge in [-0.25, -0.2) is 0 Å². The molecule has 1 aliphatic heterocycles. The second kappa shape index (κ2) is 7.08. The first-order valence-corrected chi connectivity index (χ1v) is 8.72. The highest BCUT2D eigenvalue weighted by Crippen LogP contribution is 2.37. The molecule has 0 unspecified atom stereocenters. The lowest BCUT2D eigenvalue weighted by Gasteiger charge is -2.16. The smallest absolute Gasteiger partial charge is 0.254 e. The van der Waals surface area contributed by atoms with Gasteiger partial charge in [-0.05, 0) is 30.3 Å². The molecular weight excluding hydrogens is 356 g/mol. The zero-order valence-electron chi connectivity index (χ0n) is 15.5. The summed E-state index contributed by atoms with van der Waals surface area (Å²) in [7, 11) is 3.20. The van der Waals surface area contributed by atoms with E-state index in [1.165, 1.54) is 0 Å². The van der Waals surface area contributed by atoms with Crippen LogP contribution in [-0.4, -0.2) is 35.2 Å². The van der Waals surface area contributed by atoms with Gasteiger partial charge in [0.15, 0.2) is 0 Å². The lowest BCUT2D eigenvalue weighted by atomic mass is 10.1. The van der Waals surface area contributed by atoms with E-state index in [4.69, 9.17) is 14.7 Å². The van der Waals surface area contributed by atoms with Crippen molar-refractivity contribution in [1.29, 1.82) is 5.26 Å². The number of benzene rings is 2. The molecule has 2 aromatic carbocycles. The molecule has 2 heterocycles. The van der Waals surface area contributed by atoms with Crippen LogP contribution in [0.1, 0.15) is 27.2 Å².